The summed E-state index contributed by atoms with van der Waals surface area (Å²) >= 11 is 0. The summed E-state index contributed by atoms with van der Waals surface area (Å²) < 4.78 is 5.17. The van der Waals surface area contributed by atoms with E-state index in [1.807, 2.05) is 12.1 Å². The highest BCUT2D eigenvalue weighted by Gasteiger charge is 2.28. The lowest BCUT2D eigenvalue weighted by atomic mass is 10.1. The molecule has 20 heavy (non-hydrogen) atoms. The van der Waals surface area contributed by atoms with Crippen LogP contribution in [0.2, 0.25) is 0 Å². The minimum Gasteiger partial charge on any atom is -0.360 e. The maximum absolute atomic E-state index is 12.0. The Morgan fingerprint density at radius 3 is 2.80 bits per heavy atom. The number of anilines is 1. The monoisotopic (exact) mass is 271 g/mol. The van der Waals surface area contributed by atoms with Crippen LogP contribution in [0.4, 0.5) is 5.69 Å². The van der Waals surface area contributed by atoms with E-state index in [1.54, 1.807) is 12.3 Å². The second kappa shape index (κ2) is 5.07. The van der Waals surface area contributed by atoms with Crippen LogP contribution in [0.1, 0.15) is 60.5 Å². The van der Waals surface area contributed by atoms with E-state index < -0.39 is 0 Å². The lowest BCUT2D eigenvalue weighted by molar-refractivity contribution is 0.101. The van der Waals surface area contributed by atoms with E-state index in [-0.39, 0.29) is 5.91 Å². The smallest absolute Gasteiger partial charge is 0.277 e. The lowest BCUT2D eigenvalue weighted by Crippen LogP contribution is -2.12. The summed E-state index contributed by atoms with van der Waals surface area (Å²) in [6, 6.07) is 5.49. The van der Waals surface area contributed by atoms with Crippen LogP contribution in [0, 0.1) is 0 Å². The van der Waals surface area contributed by atoms with Crippen molar-refractivity contribution in [2.75, 3.05) is 5.32 Å². The Morgan fingerprint density at radius 1 is 1.40 bits per heavy atom. The largest absolute Gasteiger partial charge is 0.360 e. The van der Waals surface area contributed by atoms with E-state index in [4.69, 9.17) is 4.52 Å². The molecule has 0 unspecified atom stereocenters. The summed E-state index contributed by atoms with van der Waals surface area (Å²) in [6.45, 7) is 4.16. The summed E-state index contributed by atoms with van der Waals surface area (Å²) in [6.07, 6.45) is 3.91. The molecule has 0 spiro atoms. The Bertz CT molecular complexity index is 612. The predicted octanol–water partition coefficient (Wildman–Crippen LogP) is 3.32. The Morgan fingerprint density at radius 2 is 2.20 bits per heavy atom. The summed E-state index contributed by atoms with van der Waals surface area (Å²) in [5, 5.41) is 6.58. The highest BCUT2D eigenvalue weighted by Crippen LogP contribution is 2.40. The lowest BCUT2D eigenvalue weighted by Gasteiger charge is -2.06. The zero-order chi connectivity index (χ0) is 14.1. The summed E-state index contributed by atoms with van der Waals surface area (Å²) in [5.41, 5.74) is 1.98. The van der Waals surface area contributed by atoms with Gasteiger partial charge >= 0.3 is 0 Å². The predicted molar refractivity (Wildman–Crippen MR) is 74.8 cm³/mol. The molecular weight excluding hydrogens is 254 g/mol. The maximum Gasteiger partial charge on any atom is 0.277 e. The van der Waals surface area contributed by atoms with E-state index in [0.29, 0.717) is 23.2 Å². The van der Waals surface area contributed by atoms with Crippen molar-refractivity contribution in [2.45, 2.75) is 38.5 Å². The molecule has 1 saturated carbocycles. The molecule has 0 aliphatic heterocycles. The molecule has 2 aromatic heterocycles. The number of carbonyl (C=O) groups excluding carboxylic acids is 1. The third-order valence-electron chi connectivity index (χ3n) is 3.38. The second-order valence-corrected chi connectivity index (χ2v) is 5.47. The summed E-state index contributed by atoms with van der Waals surface area (Å²) in [5.74, 6) is 1.37. The Kier molecular flexibility index (Phi) is 3.26. The van der Waals surface area contributed by atoms with E-state index in [0.717, 1.165) is 24.3 Å². The molecule has 3 rings (SSSR count). The van der Waals surface area contributed by atoms with Gasteiger partial charge in [-0.1, -0.05) is 19.0 Å². The SMILES string of the molecule is CC(C)c1ccc(NC(=O)c2cc(C3CC3)on2)cn1. The topological polar surface area (TPSA) is 68.0 Å². The molecule has 5 nitrogen and oxygen atoms in total. The van der Waals surface area contributed by atoms with Crippen LogP contribution < -0.4 is 5.32 Å². The summed E-state index contributed by atoms with van der Waals surface area (Å²) in [7, 11) is 0. The molecule has 5 heteroatoms. The Hall–Kier alpha value is -2.17. The fraction of sp³-hybridized carbons (Fsp3) is 0.400. The maximum atomic E-state index is 12.0. The van der Waals surface area contributed by atoms with Crippen molar-refractivity contribution in [1.29, 1.82) is 0 Å². The van der Waals surface area contributed by atoms with Gasteiger partial charge in [-0.15, -0.1) is 0 Å². The van der Waals surface area contributed by atoms with Gasteiger partial charge in [-0.3, -0.25) is 9.78 Å². The summed E-state index contributed by atoms with van der Waals surface area (Å²) in [4.78, 5) is 16.3. The first-order valence-electron chi connectivity index (χ1n) is 6.87. The average Bonchev–Trinajstić information content (AvgIpc) is 3.17. The molecule has 2 heterocycles. The number of hydrogen-bond donors (Lipinski definition) is 1. The van der Waals surface area contributed by atoms with Crippen molar-refractivity contribution < 1.29 is 9.32 Å². The van der Waals surface area contributed by atoms with Gasteiger partial charge < -0.3 is 9.84 Å². The molecular formula is C15H17N3O2. The first kappa shape index (κ1) is 12.8. The van der Waals surface area contributed by atoms with Crippen LogP contribution in [-0.4, -0.2) is 16.0 Å². The molecule has 0 aromatic carbocycles. The van der Waals surface area contributed by atoms with Crippen molar-refractivity contribution in [2.24, 2.45) is 0 Å². The van der Waals surface area contributed by atoms with Crippen molar-refractivity contribution >= 4 is 11.6 Å². The van der Waals surface area contributed by atoms with Crippen molar-refractivity contribution in [3.8, 4) is 0 Å². The van der Waals surface area contributed by atoms with Crippen LogP contribution >= 0.6 is 0 Å². The van der Waals surface area contributed by atoms with E-state index in [9.17, 15) is 4.79 Å². The van der Waals surface area contributed by atoms with Crippen LogP contribution in [0.3, 0.4) is 0 Å². The molecule has 2 aromatic rings. The third-order valence-corrected chi connectivity index (χ3v) is 3.38. The average molecular weight is 271 g/mol. The molecule has 0 atom stereocenters. The normalized spacial score (nSPS) is 14.6. The number of nitrogens with zero attached hydrogens (tertiary/aromatic N) is 2. The highest BCUT2D eigenvalue weighted by molar-refractivity contribution is 6.02. The molecule has 0 saturated heterocycles. The molecule has 1 aliphatic rings. The molecule has 104 valence electrons. The number of nitrogens with one attached hydrogen (secondary N) is 1. The van der Waals surface area contributed by atoms with Crippen molar-refractivity contribution in [3.05, 3.63) is 41.5 Å². The number of amides is 1. The van der Waals surface area contributed by atoms with Crippen LogP contribution in [-0.2, 0) is 0 Å². The number of rotatable bonds is 4. The van der Waals surface area contributed by atoms with Gasteiger partial charge in [0, 0.05) is 17.7 Å². The first-order chi connectivity index (χ1) is 9.63. The van der Waals surface area contributed by atoms with E-state index in [1.165, 1.54) is 0 Å². The van der Waals surface area contributed by atoms with Gasteiger partial charge in [0.2, 0.25) is 0 Å². The minimum atomic E-state index is -0.264. The highest BCUT2D eigenvalue weighted by atomic mass is 16.5. The van der Waals surface area contributed by atoms with Gasteiger partial charge in [-0.05, 0) is 30.9 Å². The standard InChI is InChI=1S/C15H17N3O2/c1-9(2)12-6-5-11(8-16-12)17-15(19)13-7-14(20-18-13)10-3-4-10/h5-10H,3-4H2,1-2H3,(H,17,19). The quantitative estimate of drug-likeness (QED) is 0.926. The fourth-order valence-electron chi connectivity index (χ4n) is 1.97. The number of aromatic nitrogens is 2. The number of carbonyl (C=O) groups is 1. The van der Waals surface area contributed by atoms with E-state index in [2.05, 4.69) is 29.3 Å². The molecule has 1 fully saturated rings. The number of pyridine rings is 1. The Balaban J connectivity index is 1.68. The molecule has 1 aliphatic carbocycles. The molecule has 0 radical (unpaired) electrons. The molecule has 0 bridgehead atoms. The van der Waals surface area contributed by atoms with Crippen LogP contribution in [0.5, 0.6) is 0 Å². The fourth-order valence-corrected chi connectivity index (χ4v) is 1.97. The van der Waals surface area contributed by atoms with Gasteiger partial charge in [0.1, 0.15) is 5.76 Å². The number of hydrogen-bond acceptors (Lipinski definition) is 4. The third kappa shape index (κ3) is 2.71. The molecule has 1 amide bonds. The zero-order valence-electron chi connectivity index (χ0n) is 11.6. The van der Waals surface area contributed by atoms with Crippen LogP contribution in [0.15, 0.2) is 28.9 Å². The van der Waals surface area contributed by atoms with Gasteiger partial charge in [0.05, 0.1) is 11.9 Å². The van der Waals surface area contributed by atoms with Crippen molar-refractivity contribution in [1.82, 2.24) is 10.1 Å². The zero-order valence-corrected chi connectivity index (χ0v) is 11.6. The molecule has 1 N–H and O–H groups in total. The second-order valence-electron chi connectivity index (χ2n) is 5.47. The Labute approximate surface area is 117 Å². The van der Waals surface area contributed by atoms with E-state index >= 15 is 0 Å². The van der Waals surface area contributed by atoms with Gasteiger partial charge in [-0.25, -0.2) is 0 Å². The van der Waals surface area contributed by atoms with Gasteiger partial charge in [0.25, 0.3) is 5.91 Å². The minimum absolute atomic E-state index is 0.264. The van der Waals surface area contributed by atoms with Crippen LogP contribution in [0.25, 0.3) is 0 Å². The first-order valence-corrected chi connectivity index (χ1v) is 6.87. The van der Waals surface area contributed by atoms with Gasteiger partial charge in [0.15, 0.2) is 5.69 Å². The van der Waals surface area contributed by atoms with Crippen molar-refractivity contribution in [3.63, 3.8) is 0 Å². The van der Waals surface area contributed by atoms with Gasteiger partial charge in [-0.2, -0.15) is 0 Å².